The molecular formula is C51H30N4OS. The minimum absolute atomic E-state index is 0.648. The zero-order chi connectivity index (χ0) is 37.5. The minimum atomic E-state index is 0.648. The van der Waals surface area contributed by atoms with E-state index in [-0.39, 0.29) is 0 Å². The maximum Gasteiger partial charge on any atom is 0.164 e. The van der Waals surface area contributed by atoms with Crippen LogP contribution >= 0.6 is 11.3 Å². The van der Waals surface area contributed by atoms with Crippen molar-refractivity contribution < 1.29 is 4.42 Å². The van der Waals surface area contributed by atoms with Crippen molar-refractivity contribution in [1.29, 1.82) is 0 Å². The Morgan fingerprint density at radius 2 is 0.930 bits per heavy atom. The summed E-state index contributed by atoms with van der Waals surface area (Å²) in [5.74, 6) is 1.95. The first kappa shape index (κ1) is 31.9. The highest BCUT2D eigenvalue weighted by Gasteiger charge is 2.22. The van der Waals surface area contributed by atoms with Crippen LogP contribution in [0.2, 0.25) is 0 Å². The molecule has 4 heterocycles. The molecule has 12 aromatic rings. The van der Waals surface area contributed by atoms with Crippen LogP contribution in [0.3, 0.4) is 0 Å². The Morgan fingerprint density at radius 1 is 0.386 bits per heavy atom. The molecule has 0 spiro atoms. The summed E-state index contributed by atoms with van der Waals surface area (Å²) in [7, 11) is 0. The SMILES string of the molecule is c1ccc(-c2nc(-c3ccccc3)nc(-c3ccc4c(c3)sc3cccc(-c5cccc6oc7cccc(-n8c9ccccc9c9ccccc98)c7c56)c34)n2)cc1. The number of furan rings is 1. The number of hydrogen-bond donors (Lipinski definition) is 0. The number of benzene rings is 8. The molecule has 0 unspecified atom stereocenters. The van der Waals surface area contributed by atoms with Crippen molar-refractivity contribution in [3.63, 3.8) is 0 Å². The van der Waals surface area contributed by atoms with Gasteiger partial charge in [0.25, 0.3) is 0 Å². The van der Waals surface area contributed by atoms with E-state index in [1.165, 1.54) is 47.5 Å². The fraction of sp³-hybridized carbons (Fsp3) is 0. The molecule has 57 heavy (non-hydrogen) atoms. The molecule has 6 heteroatoms. The summed E-state index contributed by atoms with van der Waals surface area (Å²) in [6, 6.07) is 63.7. The van der Waals surface area contributed by atoms with Crippen molar-refractivity contribution in [2.24, 2.45) is 0 Å². The van der Waals surface area contributed by atoms with Gasteiger partial charge in [0.15, 0.2) is 17.5 Å². The molecule has 0 bridgehead atoms. The van der Waals surface area contributed by atoms with Gasteiger partial charge in [0.2, 0.25) is 0 Å². The second kappa shape index (κ2) is 12.6. The van der Waals surface area contributed by atoms with Crippen molar-refractivity contribution >= 4 is 75.3 Å². The van der Waals surface area contributed by atoms with Gasteiger partial charge in [0.05, 0.1) is 22.1 Å². The molecule has 8 aromatic carbocycles. The van der Waals surface area contributed by atoms with E-state index in [9.17, 15) is 0 Å². The summed E-state index contributed by atoms with van der Waals surface area (Å²) in [4.78, 5) is 14.9. The van der Waals surface area contributed by atoms with E-state index >= 15 is 0 Å². The molecular weight excluding hydrogens is 717 g/mol. The number of nitrogens with zero attached hydrogens (tertiary/aromatic N) is 4. The largest absolute Gasteiger partial charge is 0.456 e. The summed E-state index contributed by atoms with van der Waals surface area (Å²) in [6.45, 7) is 0. The van der Waals surface area contributed by atoms with Gasteiger partial charge in [0.1, 0.15) is 11.2 Å². The van der Waals surface area contributed by atoms with Crippen LogP contribution in [0.5, 0.6) is 0 Å². The van der Waals surface area contributed by atoms with Crippen LogP contribution < -0.4 is 0 Å². The van der Waals surface area contributed by atoms with Gasteiger partial charge in [0, 0.05) is 53.0 Å². The molecule has 0 aliphatic rings. The van der Waals surface area contributed by atoms with Gasteiger partial charge in [-0.05, 0) is 53.6 Å². The van der Waals surface area contributed by atoms with Gasteiger partial charge in [-0.15, -0.1) is 11.3 Å². The number of hydrogen-bond acceptors (Lipinski definition) is 5. The molecule has 12 rings (SSSR count). The molecule has 0 saturated heterocycles. The van der Waals surface area contributed by atoms with Gasteiger partial charge in [-0.2, -0.15) is 0 Å². The van der Waals surface area contributed by atoms with E-state index in [1.54, 1.807) is 11.3 Å². The third kappa shape index (κ3) is 4.98. The lowest BCUT2D eigenvalue weighted by Crippen LogP contribution is -1.99. The molecule has 5 nitrogen and oxygen atoms in total. The second-order valence-corrected chi connectivity index (χ2v) is 15.4. The number of fused-ring (bicyclic) bond motifs is 9. The molecule has 0 saturated carbocycles. The average molecular weight is 747 g/mol. The quantitative estimate of drug-likeness (QED) is 0.176. The van der Waals surface area contributed by atoms with Gasteiger partial charge in [-0.1, -0.05) is 140 Å². The fourth-order valence-electron chi connectivity index (χ4n) is 8.57. The number of para-hydroxylation sites is 2. The Hall–Kier alpha value is -7.41. The molecule has 4 aromatic heterocycles. The highest BCUT2D eigenvalue weighted by atomic mass is 32.1. The molecule has 0 atom stereocenters. The molecule has 0 radical (unpaired) electrons. The zero-order valence-electron chi connectivity index (χ0n) is 30.4. The highest BCUT2D eigenvalue weighted by molar-refractivity contribution is 7.26. The Balaban J connectivity index is 1.07. The summed E-state index contributed by atoms with van der Waals surface area (Å²) >= 11 is 1.80. The summed E-state index contributed by atoms with van der Waals surface area (Å²) in [5, 5.41) is 7.11. The van der Waals surface area contributed by atoms with Crippen LogP contribution in [0, 0.1) is 0 Å². The lowest BCUT2D eigenvalue weighted by atomic mass is 9.95. The maximum absolute atomic E-state index is 6.68. The monoisotopic (exact) mass is 746 g/mol. The third-order valence-electron chi connectivity index (χ3n) is 11.1. The van der Waals surface area contributed by atoms with Crippen LogP contribution in [0.4, 0.5) is 0 Å². The van der Waals surface area contributed by atoms with E-state index in [4.69, 9.17) is 19.4 Å². The van der Waals surface area contributed by atoms with Crippen molar-refractivity contribution in [2.45, 2.75) is 0 Å². The van der Waals surface area contributed by atoms with Crippen LogP contribution in [0.25, 0.3) is 115 Å². The zero-order valence-corrected chi connectivity index (χ0v) is 31.2. The lowest BCUT2D eigenvalue weighted by molar-refractivity contribution is 0.669. The van der Waals surface area contributed by atoms with Crippen molar-refractivity contribution in [3.8, 4) is 51.0 Å². The van der Waals surface area contributed by atoms with E-state index in [1.807, 2.05) is 60.7 Å². The fourth-order valence-corrected chi connectivity index (χ4v) is 9.74. The summed E-state index contributed by atoms with van der Waals surface area (Å²) in [6.07, 6.45) is 0. The van der Waals surface area contributed by atoms with E-state index in [0.717, 1.165) is 49.9 Å². The molecule has 0 aliphatic carbocycles. The van der Waals surface area contributed by atoms with Gasteiger partial charge in [-0.25, -0.2) is 15.0 Å². The normalized spacial score (nSPS) is 11.9. The van der Waals surface area contributed by atoms with Crippen molar-refractivity contribution in [2.75, 3.05) is 0 Å². The smallest absolute Gasteiger partial charge is 0.164 e. The Morgan fingerprint density at radius 3 is 1.60 bits per heavy atom. The van der Waals surface area contributed by atoms with E-state index < -0.39 is 0 Å². The predicted molar refractivity (Wildman–Crippen MR) is 236 cm³/mol. The minimum Gasteiger partial charge on any atom is -0.456 e. The summed E-state index contributed by atoms with van der Waals surface area (Å²) < 4.78 is 11.5. The van der Waals surface area contributed by atoms with Crippen LogP contribution in [-0.2, 0) is 0 Å². The lowest BCUT2D eigenvalue weighted by Gasteiger charge is -2.11. The highest BCUT2D eigenvalue weighted by Crippen LogP contribution is 2.46. The van der Waals surface area contributed by atoms with E-state index in [2.05, 4.69) is 126 Å². The van der Waals surface area contributed by atoms with Crippen molar-refractivity contribution in [1.82, 2.24) is 19.5 Å². The maximum atomic E-state index is 6.68. The van der Waals surface area contributed by atoms with Gasteiger partial charge >= 0.3 is 0 Å². The van der Waals surface area contributed by atoms with Gasteiger partial charge < -0.3 is 8.98 Å². The molecule has 266 valence electrons. The van der Waals surface area contributed by atoms with Crippen LogP contribution in [0.15, 0.2) is 186 Å². The first-order chi connectivity index (χ1) is 28.3. The standard InChI is InChI=1S/C51H30N4OS/c1-3-14-31(15-4-1)49-52-50(32-16-5-2-6-17-32)54-51(53-49)33-28-29-38-45(30-33)57-44-27-12-21-36(46(38)44)37-20-11-25-42-47(37)48-41(24-13-26-43(48)56-42)55-39-22-9-7-18-34(39)35-19-8-10-23-40(35)55/h1-30H. The van der Waals surface area contributed by atoms with Crippen LogP contribution in [0.1, 0.15) is 0 Å². The third-order valence-corrected chi connectivity index (χ3v) is 12.2. The van der Waals surface area contributed by atoms with Crippen molar-refractivity contribution in [3.05, 3.63) is 182 Å². The molecule has 0 amide bonds. The average Bonchev–Trinajstić information content (AvgIpc) is 3.96. The summed E-state index contributed by atoms with van der Waals surface area (Å²) in [5.41, 5.74) is 10.4. The van der Waals surface area contributed by atoms with Gasteiger partial charge in [-0.3, -0.25) is 0 Å². The first-order valence-electron chi connectivity index (χ1n) is 19.0. The first-order valence-corrected chi connectivity index (χ1v) is 19.8. The Bertz CT molecular complexity index is 3420. The Labute approximate surface area is 330 Å². The number of thiophene rings is 1. The van der Waals surface area contributed by atoms with Crippen LogP contribution in [-0.4, -0.2) is 19.5 Å². The van der Waals surface area contributed by atoms with E-state index in [0.29, 0.717) is 17.5 Å². The molecule has 0 N–H and O–H groups in total. The Kier molecular flexibility index (Phi) is 7.03. The second-order valence-electron chi connectivity index (χ2n) is 14.3. The molecule has 0 fully saturated rings. The molecule has 0 aliphatic heterocycles. The predicted octanol–water partition coefficient (Wildman–Crippen LogP) is 13.9. The number of aromatic nitrogens is 4. The number of rotatable bonds is 5. The topological polar surface area (TPSA) is 56.7 Å².